The number of benzene rings is 2. The van der Waals surface area contributed by atoms with Crippen molar-refractivity contribution in [2.24, 2.45) is 0 Å². The van der Waals surface area contributed by atoms with E-state index in [4.69, 9.17) is 18.9 Å². The molecule has 0 heterocycles. The average Bonchev–Trinajstić information content (AvgIpc) is 2.93. The van der Waals surface area contributed by atoms with Crippen LogP contribution in [0.4, 0.5) is 4.79 Å². The smallest absolute Gasteiger partial charge is 0.410 e. The Bertz CT molecular complexity index is 945. The zero-order valence-electron chi connectivity index (χ0n) is 22.4. The SMILES string of the molecule is CCOC(Cc1ccc(OCCN(CCCOCc2ccccc2)C(=O)OC2CCCCC2)cc1)C(=O)O. The van der Waals surface area contributed by atoms with Crippen LogP contribution in [0.5, 0.6) is 5.75 Å². The van der Waals surface area contributed by atoms with Crippen LogP contribution in [-0.4, -0.2) is 67.2 Å². The lowest BCUT2D eigenvalue weighted by molar-refractivity contribution is -0.149. The van der Waals surface area contributed by atoms with Crippen molar-refractivity contribution in [1.82, 2.24) is 4.90 Å². The zero-order valence-corrected chi connectivity index (χ0v) is 22.4. The van der Waals surface area contributed by atoms with E-state index in [9.17, 15) is 14.7 Å². The van der Waals surface area contributed by atoms with Crippen molar-refractivity contribution in [3.05, 3.63) is 65.7 Å². The average molecular weight is 528 g/mol. The van der Waals surface area contributed by atoms with Crippen LogP contribution in [-0.2, 0) is 32.0 Å². The summed E-state index contributed by atoms with van der Waals surface area (Å²) in [7, 11) is 0. The van der Waals surface area contributed by atoms with Crippen LogP contribution in [0.25, 0.3) is 0 Å². The van der Waals surface area contributed by atoms with Gasteiger partial charge in [0.2, 0.25) is 0 Å². The third-order valence-corrected chi connectivity index (χ3v) is 6.52. The Balaban J connectivity index is 1.46. The molecule has 1 saturated carbocycles. The molecule has 1 atom stereocenters. The first-order valence-electron chi connectivity index (χ1n) is 13.7. The molecular formula is C30H41NO7. The van der Waals surface area contributed by atoms with E-state index in [1.165, 1.54) is 6.42 Å². The van der Waals surface area contributed by atoms with Gasteiger partial charge < -0.3 is 29.0 Å². The number of carbonyl (C=O) groups excluding carboxylic acids is 1. The van der Waals surface area contributed by atoms with Gasteiger partial charge in [-0.3, -0.25) is 0 Å². The molecule has 3 rings (SSSR count). The predicted octanol–water partition coefficient (Wildman–Crippen LogP) is 5.48. The molecule has 1 aliphatic carbocycles. The number of amides is 1. The number of hydrogen-bond donors (Lipinski definition) is 1. The molecule has 2 aromatic rings. The van der Waals surface area contributed by atoms with Crippen LogP contribution in [0, 0.1) is 0 Å². The van der Waals surface area contributed by atoms with Gasteiger partial charge in [0.25, 0.3) is 0 Å². The van der Waals surface area contributed by atoms with Crippen LogP contribution in [0.2, 0.25) is 0 Å². The molecule has 0 spiro atoms. The number of carbonyl (C=O) groups is 2. The fourth-order valence-corrected chi connectivity index (χ4v) is 4.44. The first kappa shape index (κ1) is 29.5. The van der Waals surface area contributed by atoms with Gasteiger partial charge in [0.15, 0.2) is 6.10 Å². The first-order valence-corrected chi connectivity index (χ1v) is 13.7. The monoisotopic (exact) mass is 527 g/mol. The van der Waals surface area contributed by atoms with Crippen LogP contribution >= 0.6 is 0 Å². The molecular weight excluding hydrogens is 486 g/mol. The third kappa shape index (κ3) is 10.7. The van der Waals surface area contributed by atoms with Crippen LogP contribution in [0.15, 0.2) is 54.6 Å². The van der Waals surface area contributed by atoms with Gasteiger partial charge in [-0.2, -0.15) is 0 Å². The maximum absolute atomic E-state index is 12.9. The summed E-state index contributed by atoms with van der Waals surface area (Å²) in [5.74, 6) is -0.318. The quantitative estimate of drug-likeness (QED) is 0.289. The minimum absolute atomic E-state index is 0.00661. The highest BCUT2D eigenvalue weighted by Crippen LogP contribution is 2.21. The minimum Gasteiger partial charge on any atom is -0.492 e. The van der Waals surface area contributed by atoms with Gasteiger partial charge >= 0.3 is 12.1 Å². The summed E-state index contributed by atoms with van der Waals surface area (Å²) in [6.45, 7) is 4.46. The van der Waals surface area contributed by atoms with Gasteiger partial charge in [-0.1, -0.05) is 48.9 Å². The third-order valence-electron chi connectivity index (χ3n) is 6.52. The highest BCUT2D eigenvalue weighted by molar-refractivity contribution is 5.72. The van der Waals surface area contributed by atoms with Crippen molar-refractivity contribution in [1.29, 1.82) is 0 Å². The number of nitrogens with zero attached hydrogens (tertiary/aromatic N) is 1. The Morgan fingerprint density at radius 1 is 0.947 bits per heavy atom. The van der Waals surface area contributed by atoms with Crippen molar-refractivity contribution in [3.63, 3.8) is 0 Å². The number of hydrogen-bond acceptors (Lipinski definition) is 6. The molecule has 8 nitrogen and oxygen atoms in total. The van der Waals surface area contributed by atoms with Crippen molar-refractivity contribution in [2.75, 3.05) is 32.9 Å². The first-order chi connectivity index (χ1) is 18.5. The summed E-state index contributed by atoms with van der Waals surface area (Å²) in [6, 6.07) is 17.3. The number of carboxylic acid groups (broad SMARTS) is 1. The van der Waals surface area contributed by atoms with E-state index >= 15 is 0 Å². The lowest BCUT2D eigenvalue weighted by atomic mass is 9.98. The lowest BCUT2D eigenvalue weighted by Crippen LogP contribution is -2.38. The van der Waals surface area contributed by atoms with Crippen LogP contribution < -0.4 is 4.74 Å². The second kappa shape index (κ2) is 16.7. The van der Waals surface area contributed by atoms with Crippen molar-refractivity contribution < 1.29 is 33.6 Å². The molecule has 1 N–H and O–H groups in total. The number of rotatable bonds is 16. The number of aliphatic carboxylic acids is 1. The Labute approximate surface area is 225 Å². The van der Waals surface area contributed by atoms with E-state index in [-0.39, 0.29) is 18.6 Å². The van der Waals surface area contributed by atoms with E-state index in [1.54, 1.807) is 11.8 Å². The standard InChI is InChI=1S/C30H41NO7/c1-2-36-28(29(32)33)22-24-14-16-26(17-15-24)37-21-19-31(30(34)38-27-12-7-4-8-13-27)18-9-20-35-23-25-10-5-3-6-11-25/h3,5-6,10-11,14-17,27-28H,2,4,7-9,12-13,18-23H2,1H3,(H,32,33). The molecule has 0 radical (unpaired) electrons. The summed E-state index contributed by atoms with van der Waals surface area (Å²) >= 11 is 0. The Hall–Kier alpha value is -3.10. The zero-order chi connectivity index (χ0) is 27.0. The van der Waals surface area contributed by atoms with Gasteiger partial charge in [0, 0.05) is 26.2 Å². The van der Waals surface area contributed by atoms with Crippen LogP contribution in [0.1, 0.15) is 56.6 Å². The normalized spacial score (nSPS) is 14.6. The Morgan fingerprint density at radius 2 is 1.68 bits per heavy atom. The summed E-state index contributed by atoms with van der Waals surface area (Å²) in [4.78, 5) is 26.0. The van der Waals surface area contributed by atoms with Gasteiger partial charge in [0.05, 0.1) is 13.2 Å². The maximum Gasteiger partial charge on any atom is 0.410 e. The second-order valence-electron chi connectivity index (χ2n) is 9.50. The fourth-order valence-electron chi connectivity index (χ4n) is 4.44. The topological polar surface area (TPSA) is 94.5 Å². The second-order valence-corrected chi connectivity index (χ2v) is 9.50. The van der Waals surface area contributed by atoms with E-state index < -0.39 is 12.1 Å². The van der Waals surface area contributed by atoms with Crippen molar-refractivity contribution >= 4 is 12.1 Å². The molecule has 0 aliphatic heterocycles. The van der Waals surface area contributed by atoms with Gasteiger partial charge in [-0.15, -0.1) is 0 Å². The summed E-state index contributed by atoms with van der Waals surface area (Å²) < 4.78 is 22.8. The molecule has 1 aliphatic rings. The largest absolute Gasteiger partial charge is 0.492 e. The Kier molecular flexibility index (Phi) is 12.9. The van der Waals surface area contributed by atoms with Gasteiger partial charge in [-0.05, 0) is 62.3 Å². The molecule has 8 heteroatoms. The highest BCUT2D eigenvalue weighted by atomic mass is 16.6. The number of carboxylic acids is 1. The van der Waals surface area contributed by atoms with Crippen molar-refractivity contribution in [2.45, 2.75) is 70.7 Å². The summed E-state index contributed by atoms with van der Waals surface area (Å²) in [6.07, 6.45) is 5.07. The van der Waals surface area contributed by atoms with Gasteiger partial charge in [0.1, 0.15) is 18.5 Å². The van der Waals surface area contributed by atoms with Gasteiger partial charge in [-0.25, -0.2) is 9.59 Å². The molecule has 38 heavy (non-hydrogen) atoms. The summed E-state index contributed by atoms with van der Waals surface area (Å²) in [5.41, 5.74) is 1.98. The minimum atomic E-state index is -0.974. The lowest BCUT2D eigenvalue weighted by Gasteiger charge is -2.27. The summed E-state index contributed by atoms with van der Waals surface area (Å²) in [5, 5.41) is 9.28. The van der Waals surface area contributed by atoms with E-state index in [0.29, 0.717) is 51.7 Å². The molecule has 1 amide bonds. The molecule has 0 saturated heterocycles. The molecule has 1 unspecified atom stereocenters. The molecule has 208 valence electrons. The van der Waals surface area contributed by atoms with E-state index in [0.717, 1.165) is 36.8 Å². The maximum atomic E-state index is 12.9. The van der Waals surface area contributed by atoms with Crippen LogP contribution in [0.3, 0.4) is 0 Å². The Morgan fingerprint density at radius 3 is 2.37 bits per heavy atom. The van der Waals surface area contributed by atoms with E-state index in [1.807, 2.05) is 54.6 Å². The highest BCUT2D eigenvalue weighted by Gasteiger charge is 2.22. The molecule has 0 bridgehead atoms. The van der Waals surface area contributed by atoms with E-state index in [2.05, 4.69) is 0 Å². The molecule has 0 aromatic heterocycles. The predicted molar refractivity (Wildman–Crippen MR) is 144 cm³/mol. The molecule has 1 fully saturated rings. The number of ether oxygens (including phenoxy) is 4. The molecule has 2 aromatic carbocycles. The fraction of sp³-hybridized carbons (Fsp3) is 0.533. The van der Waals surface area contributed by atoms with Crippen molar-refractivity contribution in [3.8, 4) is 5.75 Å².